The third-order valence-electron chi connectivity index (χ3n) is 6.56. The van der Waals surface area contributed by atoms with Crippen molar-refractivity contribution in [2.45, 2.75) is 102 Å². The third-order valence-corrected chi connectivity index (χ3v) is 14.3. The molecule has 0 bridgehead atoms. The van der Waals surface area contributed by atoms with E-state index in [1.807, 2.05) is 10.6 Å². The van der Waals surface area contributed by atoms with Gasteiger partial charge in [-0.05, 0) is 84.6 Å². The molecule has 2 heterocycles. The van der Waals surface area contributed by atoms with E-state index in [0.717, 1.165) is 22.6 Å². The summed E-state index contributed by atoms with van der Waals surface area (Å²) in [5.41, 5.74) is 3.96. The largest absolute Gasteiger partial charge is 0.673 e. The fraction of sp³-hybridized carbons (Fsp3) is 0.727. The summed E-state index contributed by atoms with van der Waals surface area (Å²) in [5, 5.41) is 3.68. The van der Waals surface area contributed by atoms with Gasteiger partial charge in [-0.1, -0.05) is 67.8 Å². The van der Waals surface area contributed by atoms with Gasteiger partial charge >= 0.3 is 7.25 Å². The van der Waals surface area contributed by atoms with Crippen LogP contribution < -0.4 is 10.6 Å². The van der Waals surface area contributed by atoms with Gasteiger partial charge in [0.15, 0.2) is 0 Å². The van der Waals surface area contributed by atoms with E-state index < -0.39 is 7.25 Å². The molecule has 8 heteroatoms. The number of hydrogen-bond acceptors (Lipinski definition) is 0. The Balaban J connectivity index is 0.000000674. The Morgan fingerprint density at radius 3 is 1.10 bits per heavy atom. The third kappa shape index (κ3) is 7.52. The van der Waals surface area contributed by atoms with E-state index in [0.29, 0.717) is 0 Å². The summed E-state index contributed by atoms with van der Waals surface area (Å²) >= 11 is 0. The molecule has 2 saturated heterocycles. The van der Waals surface area contributed by atoms with Gasteiger partial charge in [-0.3, -0.25) is 0 Å². The van der Waals surface area contributed by atoms with Crippen LogP contribution in [-0.4, -0.2) is 29.9 Å². The Morgan fingerprint density at radius 2 is 0.900 bits per heavy atom. The second-order valence-corrected chi connectivity index (χ2v) is 13.7. The van der Waals surface area contributed by atoms with Crippen molar-refractivity contribution in [2.75, 3.05) is 0 Å². The van der Waals surface area contributed by atoms with Crippen molar-refractivity contribution in [3.05, 3.63) is 24.3 Å². The van der Waals surface area contributed by atoms with Gasteiger partial charge in [0.05, 0.1) is 0 Å². The minimum atomic E-state index is -6.00. The van der Waals surface area contributed by atoms with Crippen LogP contribution in [0.25, 0.3) is 0 Å². The molecule has 2 aliphatic heterocycles. The summed E-state index contributed by atoms with van der Waals surface area (Å²) < 4.78 is 39.0. The van der Waals surface area contributed by atoms with Gasteiger partial charge < -0.3 is 17.3 Å². The van der Waals surface area contributed by atoms with Gasteiger partial charge in [-0.2, -0.15) is 0 Å². The molecule has 0 amide bonds. The minimum absolute atomic E-state index is 0. The number of benzene rings is 1. The van der Waals surface area contributed by atoms with Crippen molar-refractivity contribution < 1.29 is 36.7 Å². The molecule has 1 aromatic rings. The second kappa shape index (κ2) is 13.3. The first-order chi connectivity index (χ1) is 13.7. The second-order valence-electron chi connectivity index (χ2n) is 8.20. The van der Waals surface area contributed by atoms with E-state index in [4.69, 9.17) is 0 Å². The summed E-state index contributed by atoms with van der Waals surface area (Å²) in [4.78, 5) is 0. The van der Waals surface area contributed by atoms with Gasteiger partial charge in [0.2, 0.25) is 0 Å². The van der Waals surface area contributed by atoms with Crippen LogP contribution in [-0.2, 0) is 19.5 Å². The molecule has 0 unspecified atom stereocenters. The first-order valence-corrected chi connectivity index (χ1v) is 14.2. The molecule has 1 aromatic carbocycles. The Hall–Kier alpha value is 0.488. The van der Waals surface area contributed by atoms with Crippen LogP contribution in [0.1, 0.15) is 79.1 Å². The van der Waals surface area contributed by atoms with Crippen molar-refractivity contribution in [1.82, 2.24) is 0 Å². The fourth-order valence-corrected chi connectivity index (χ4v) is 13.1. The minimum Gasteiger partial charge on any atom is -0.418 e. The first-order valence-electron chi connectivity index (χ1n) is 11.3. The maximum atomic E-state index is 9.75. The molecule has 4 atom stereocenters. The van der Waals surface area contributed by atoms with Gasteiger partial charge in [-0.25, -0.2) is 0 Å². The van der Waals surface area contributed by atoms with Gasteiger partial charge in [0.1, 0.15) is 0 Å². The predicted molar refractivity (Wildman–Crippen MR) is 125 cm³/mol. The molecule has 0 aromatic heterocycles. The van der Waals surface area contributed by atoms with Crippen LogP contribution in [0.15, 0.2) is 24.3 Å². The Morgan fingerprint density at radius 1 is 0.667 bits per heavy atom. The Bertz CT molecular complexity index is 554. The topological polar surface area (TPSA) is 0 Å². The van der Waals surface area contributed by atoms with E-state index in [1.165, 1.54) is 51.4 Å². The van der Waals surface area contributed by atoms with Gasteiger partial charge in [-0.15, -0.1) is 0 Å². The Kier molecular flexibility index (Phi) is 12.6. The summed E-state index contributed by atoms with van der Waals surface area (Å²) in [6.45, 7) is 9.74. The Labute approximate surface area is 196 Å². The van der Waals surface area contributed by atoms with Crippen molar-refractivity contribution in [1.29, 1.82) is 0 Å². The van der Waals surface area contributed by atoms with Crippen molar-refractivity contribution >= 4 is 33.7 Å². The molecule has 175 valence electrons. The molecule has 1 radical (unpaired) electrons. The van der Waals surface area contributed by atoms with Crippen molar-refractivity contribution in [2.24, 2.45) is 0 Å². The fourth-order valence-electron chi connectivity index (χ4n) is 5.21. The van der Waals surface area contributed by atoms with E-state index in [-0.39, 0.29) is 35.3 Å². The molecule has 0 nitrogen and oxygen atoms in total. The van der Waals surface area contributed by atoms with Crippen LogP contribution in [0, 0.1) is 0 Å². The number of rotatable bonds is 6. The number of hydrogen-bond donors (Lipinski definition) is 0. The quantitative estimate of drug-likeness (QED) is 0.191. The molecule has 0 N–H and O–H groups in total. The van der Waals surface area contributed by atoms with Crippen LogP contribution in [0.3, 0.4) is 0 Å². The summed E-state index contributed by atoms with van der Waals surface area (Å²) in [6, 6.07) is 9.79. The normalized spacial score (nSPS) is 27.5. The smallest absolute Gasteiger partial charge is 0.418 e. The van der Waals surface area contributed by atoms with Crippen molar-refractivity contribution in [3.8, 4) is 0 Å². The van der Waals surface area contributed by atoms with Crippen LogP contribution in [0.4, 0.5) is 17.3 Å². The van der Waals surface area contributed by atoms with Crippen LogP contribution in [0.2, 0.25) is 0 Å². The zero-order chi connectivity index (χ0) is 21.6. The summed E-state index contributed by atoms with van der Waals surface area (Å²) in [5.74, 6) is 0. The van der Waals surface area contributed by atoms with Gasteiger partial charge in [0.25, 0.3) is 0 Å². The van der Waals surface area contributed by atoms with E-state index in [1.54, 1.807) is 0 Å². The number of halogens is 4. The van der Waals surface area contributed by atoms with Crippen molar-refractivity contribution in [3.63, 3.8) is 0 Å². The molecular weight excluding hydrogens is 516 g/mol. The molecule has 30 heavy (non-hydrogen) atoms. The van der Waals surface area contributed by atoms with E-state index >= 15 is 0 Å². The molecule has 3 rings (SSSR count). The standard InChI is InChI=1S/C22H36P2.BF4.Rh/c1-5-17-13-14-18(6-2)23(17)21-11-9-10-12-22(21)24-19(7-3)15-16-20(24)8-4;2-1(3,4)5;/h9-12,17-20H,5-8,13-16H2,1-4H3;;/q;-1;/t17-,18-,19-,20-;;/m1../s1. The van der Waals surface area contributed by atoms with Crippen LogP contribution >= 0.6 is 15.8 Å². The maximum absolute atomic E-state index is 9.75. The molecule has 0 saturated carbocycles. The molecule has 0 spiro atoms. The average Bonchev–Trinajstić information content (AvgIpc) is 3.29. The van der Waals surface area contributed by atoms with E-state index in [9.17, 15) is 17.3 Å². The van der Waals surface area contributed by atoms with Gasteiger partial charge in [0, 0.05) is 19.5 Å². The average molecular weight is 552 g/mol. The summed E-state index contributed by atoms with van der Waals surface area (Å²) in [7, 11) is -5.87. The van der Waals surface area contributed by atoms with E-state index in [2.05, 4.69) is 52.0 Å². The monoisotopic (exact) mass is 552 g/mol. The maximum Gasteiger partial charge on any atom is 0.673 e. The first kappa shape index (κ1) is 28.5. The summed E-state index contributed by atoms with van der Waals surface area (Å²) in [6.07, 6.45) is 11.5. The van der Waals surface area contributed by atoms with Crippen LogP contribution in [0.5, 0.6) is 0 Å². The predicted octanol–water partition coefficient (Wildman–Crippen LogP) is 7.90. The molecular formula is C22H36BF4P2Rh-. The SMILES string of the molecule is CC[C@@H]1CC[C@@H](CC)P1c1ccccc1P1[C@H](CC)CC[C@H]1CC.F[B-](F)(F)F.[Rh]. The molecule has 2 aliphatic rings. The molecule has 2 fully saturated rings. The molecule has 0 aliphatic carbocycles. The zero-order valence-electron chi connectivity index (χ0n) is 18.6. The zero-order valence-corrected chi connectivity index (χ0v) is 22.0.